The van der Waals surface area contributed by atoms with Crippen molar-refractivity contribution in [1.29, 1.82) is 0 Å². The van der Waals surface area contributed by atoms with Gasteiger partial charge in [0.2, 0.25) is 10.0 Å². The maximum absolute atomic E-state index is 12.6. The molecule has 0 saturated carbocycles. The van der Waals surface area contributed by atoms with Crippen molar-refractivity contribution in [1.82, 2.24) is 9.29 Å². The zero-order chi connectivity index (χ0) is 16.4. The lowest BCUT2D eigenvalue weighted by molar-refractivity contribution is 0.467. The average Bonchev–Trinajstić information content (AvgIpc) is 2.90. The minimum atomic E-state index is -3.36. The largest absolute Gasteiger partial charge is 0.361 e. The number of rotatable bonds is 5. The van der Waals surface area contributed by atoms with E-state index in [1.165, 1.54) is 4.31 Å². The van der Waals surface area contributed by atoms with Gasteiger partial charge in [0.1, 0.15) is 0 Å². The molecule has 0 atom stereocenters. The first-order valence-electron chi connectivity index (χ1n) is 7.50. The van der Waals surface area contributed by atoms with Crippen molar-refractivity contribution >= 4 is 20.9 Å². The highest BCUT2D eigenvalue weighted by atomic mass is 32.2. The lowest BCUT2D eigenvalue weighted by Gasteiger charge is -2.17. The molecule has 0 radical (unpaired) electrons. The van der Waals surface area contributed by atoms with Gasteiger partial charge in [0.05, 0.1) is 5.75 Å². The van der Waals surface area contributed by atoms with E-state index in [9.17, 15) is 8.42 Å². The van der Waals surface area contributed by atoms with Crippen molar-refractivity contribution in [2.75, 3.05) is 7.05 Å². The summed E-state index contributed by atoms with van der Waals surface area (Å²) >= 11 is 0. The monoisotopic (exact) mass is 328 g/mol. The summed E-state index contributed by atoms with van der Waals surface area (Å²) in [5.41, 5.74) is 3.88. The SMILES string of the molecule is Cc1cccc(CS(=O)(=O)N(C)Cc2c[nH]c3ccccc23)c1. The molecule has 23 heavy (non-hydrogen) atoms. The van der Waals surface area contributed by atoms with Crippen LogP contribution in [0.25, 0.3) is 10.9 Å². The Morgan fingerprint density at radius 1 is 1.09 bits per heavy atom. The second-order valence-corrected chi connectivity index (χ2v) is 7.94. The predicted molar refractivity (Wildman–Crippen MR) is 93.6 cm³/mol. The van der Waals surface area contributed by atoms with Gasteiger partial charge in [-0.3, -0.25) is 0 Å². The lowest BCUT2D eigenvalue weighted by atomic mass is 10.2. The van der Waals surface area contributed by atoms with Crippen LogP contribution in [0.1, 0.15) is 16.7 Å². The number of sulfonamides is 1. The third-order valence-electron chi connectivity index (χ3n) is 3.97. The number of fused-ring (bicyclic) bond motifs is 1. The molecule has 0 fully saturated rings. The van der Waals surface area contributed by atoms with Gasteiger partial charge in [-0.05, 0) is 24.1 Å². The Kier molecular flexibility index (Phi) is 4.24. The fourth-order valence-corrected chi connectivity index (χ4v) is 3.88. The van der Waals surface area contributed by atoms with Crippen molar-refractivity contribution < 1.29 is 8.42 Å². The van der Waals surface area contributed by atoms with Gasteiger partial charge >= 0.3 is 0 Å². The van der Waals surface area contributed by atoms with Gasteiger partial charge in [-0.25, -0.2) is 12.7 Å². The van der Waals surface area contributed by atoms with Crippen molar-refractivity contribution in [3.8, 4) is 0 Å². The molecule has 2 aromatic carbocycles. The van der Waals surface area contributed by atoms with Gasteiger partial charge in [-0.1, -0.05) is 48.0 Å². The van der Waals surface area contributed by atoms with E-state index >= 15 is 0 Å². The number of nitrogens with zero attached hydrogens (tertiary/aromatic N) is 1. The molecular weight excluding hydrogens is 308 g/mol. The van der Waals surface area contributed by atoms with Crippen LogP contribution in [0.3, 0.4) is 0 Å². The molecular formula is C18H20N2O2S. The molecule has 0 aliphatic carbocycles. The molecule has 3 aromatic rings. The highest BCUT2D eigenvalue weighted by Crippen LogP contribution is 2.21. The van der Waals surface area contributed by atoms with E-state index in [-0.39, 0.29) is 5.75 Å². The van der Waals surface area contributed by atoms with Crippen LogP contribution >= 0.6 is 0 Å². The molecule has 1 heterocycles. The molecule has 0 amide bonds. The summed E-state index contributed by atoms with van der Waals surface area (Å²) in [4.78, 5) is 3.18. The molecule has 1 N–H and O–H groups in total. The van der Waals surface area contributed by atoms with E-state index < -0.39 is 10.0 Å². The van der Waals surface area contributed by atoms with Crippen LogP contribution in [0.15, 0.2) is 54.7 Å². The summed E-state index contributed by atoms with van der Waals surface area (Å²) < 4.78 is 26.6. The van der Waals surface area contributed by atoms with Crippen LogP contribution in [0.4, 0.5) is 0 Å². The van der Waals surface area contributed by atoms with Crippen LogP contribution in [0.5, 0.6) is 0 Å². The lowest BCUT2D eigenvalue weighted by Crippen LogP contribution is -2.27. The van der Waals surface area contributed by atoms with Gasteiger partial charge in [0.15, 0.2) is 0 Å². The van der Waals surface area contributed by atoms with Crippen molar-refractivity contribution in [3.05, 3.63) is 71.4 Å². The summed E-state index contributed by atoms with van der Waals surface area (Å²) in [7, 11) is -1.72. The zero-order valence-corrected chi connectivity index (χ0v) is 14.1. The fraction of sp³-hybridized carbons (Fsp3) is 0.222. The van der Waals surface area contributed by atoms with Gasteiger partial charge in [-0.15, -0.1) is 0 Å². The number of nitrogens with one attached hydrogen (secondary N) is 1. The number of aryl methyl sites for hydroxylation is 1. The Hall–Kier alpha value is -2.11. The summed E-state index contributed by atoms with van der Waals surface area (Å²) in [6.07, 6.45) is 1.88. The third-order valence-corrected chi connectivity index (χ3v) is 5.75. The maximum Gasteiger partial charge on any atom is 0.218 e. The molecule has 120 valence electrons. The number of aromatic amines is 1. The van der Waals surface area contributed by atoms with Crippen LogP contribution < -0.4 is 0 Å². The summed E-state index contributed by atoms with van der Waals surface area (Å²) in [6.45, 7) is 2.32. The number of para-hydroxylation sites is 1. The first-order valence-corrected chi connectivity index (χ1v) is 9.11. The van der Waals surface area contributed by atoms with E-state index in [0.29, 0.717) is 6.54 Å². The van der Waals surface area contributed by atoms with Gasteiger partial charge in [0.25, 0.3) is 0 Å². The Morgan fingerprint density at radius 2 is 1.87 bits per heavy atom. The summed E-state index contributed by atoms with van der Waals surface area (Å²) in [5.74, 6) is 0.0214. The minimum absolute atomic E-state index is 0.0214. The van der Waals surface area contributed by atoms with Crippen LogP contribution in [-0.4, -0.2) is 24.8 Å². The third kappa shape index (κ3) is 3.46. The van der Waals surface area contributed by atoms with Gasteiger partial charge in [0, 0.05) is 30.7 Å². The maximum atomic E-state index is 12.6. The summed E-state index contributed by atoms with van der Waals surface area (Å²) in [5, 5.41) is 1.06. The molecule has 0 aliphatic rings. The Morgan fingerprint density at radius 3 is 2.65 bits per heavy atom. The number of benzene rings is 2. The number of hydrogen-bond donors (Lipinski definition) is 1. The molecule has 0 unspecified atom stereocenters. The molecule has 3 rings (SSSR count). The minimum Gasteiger partial charge on any atom is -0.361 e. The Labute approximate surface area is 136 Å². The highest BCUT2D eigenvalue weighted by Gasteiger charge is 2.20. The van der Waals surface area contributed by atoms with Crippen molar-refractivity contribution in [3.63, 3.8) is 0 Å². The molecule has 0 saturated heterocycles. The topological polar surface area (TPSA) is 53.2 Å². The smallest absolute Gasteiger partial charge is 0.218 e. The second kappa shape index (κ2) is 6.18. The van der Waals surface area contributed by atoms with E-state index in [4.69, 9.17) is 0 Å². The Balaban J connectivity index is 1.80. The normalized spacial score (nSPS) is 12.1. The quantitative estimate of drug-likeness (QED) is 0.780. The van der Waals surface area contributed by atoms with Crippen LogP contribution in [-0.2, 0) is 22.3 Å². The average molecular weight is 328 g/mol. The number of H-pyrrole nitrogens is 1. The van der Waals surface area contributed by atoms with Gasteiger partial charge < -0.3 is 4.98 Å². The van der Waals surface area contributed by atoms with Crippen LogP contribution in [0.2, 0.25) is 0 Å². The van der Waals surface area contributed by atoms with Crippen molar-refractivity contribution in [2.24, 2.45) is 0 Å². The van der Waals surface area contributed by atoms with E-state index in [1.807, 2.05) is 61.7 Å². The summed E-state index contributed by atoms with van der Waals surface area (Å²) in [6, 6.07) is 15.5. The molecule has 0 spiro atoms. The molecule has 0 bridgehead atoms. The molecule has 0 aliphatic heterocycles. The van der Waals surface area contributed by atoms with E-state index in [2.05, 4.69) is 4.98 Å². The zero-order valence-electron chi connectivity index (χ0n) is 13.3. The van der Waals surface area contributed by atoms with Crippen LogP contribution in [0, 0.1) is 6.92 Å². The van der Waals surface area contributed by atoms with Crippen molar-refractivity contribution in [2.45, 2.75) is 19.2 Å². The first-order chi connectivity index (χ1) is 11.0. The highest BCUT2D eigenvalue weighted by molar-refractivity contribution is 7.88. The number of aromatic nitrogens is 1. The predicted octanol–water partition coefficient (Wildman–Crippen LogP) is 3.44. The Bertz CT molecular complexity index is 929. The van der Waals surface area contributed by atoms with Gasteiger partial charge in [-0.2, -0.15) is 0 Å². The fourth-order valence-electron chi connectivity index (χ4n) is 2.72. The van der Waals surface area contributed by atoms with E-state index in [0.717, 1.165) is 27.6 Å². The number of hydrogen-bond acceptors (Lipinski definition) is 2. The van der Waals surface area contributed by atoms with E-state index in [1.54, 1.807) is 7.05 Å². The molecule has 4 nitrogen and oxygen atoms in total. The molecule has 1 aromatic heterocycles. The molecule has 5 heteroatoms. The first kappa shape index (κ1) is 15.8. The standard InChI is InChI=1S/C18H20N2O2S/c1-14-6-5-7-15(10-14)13-23(21,22)20(2)12-16-11-19-18-9-4-3-8-17(16)18/h3-11,19H,12-13H2,1-2H3. The second-order valence-electron chi connectivity index (χ2n) is 5.86.